The van der Waals surface area contributed by atoms with Gasteiger partial charge in [-0.15, -0.1) is 0 Å². The van der Waals surface area contributed by atoms with Crippen LogP contribution in [0.5, 0.6) is 0 Å². The fourth-order valence-electron chi connectivity index (χ4n) is 3.87. The summed E-state index contributed by atoms with van der Waals surface area (Å²) in [7, 11) is 0. The van der Waals surface area contributed by atoms with Crippen LogP contribution in [0.1, 0.15) is 47.2 Å². The summed E-state index contributed by atoms with van der Waals surface area (Å²) in [6, 6.07) is 12.3. The number of carbonyl (C=O) groups excluding carboxylic acids is 2. The number of carbonyl (C=O) groups is 2. The highest BCUT2D eigenvalue weighted by atomic mass is 19.4. The van der Waals surface area contributed by atoms with Crippen molar-refractivity contribution in [1.82, 2.24) is 10.7 Å². The molecule has 0 aromatic heterocycles. The van der Waals surface area contributed by atoms with Gasteiger partial charge in [-0.25, -0.2) is 10.6 Å². The summed E-state index contributed by atoms with van der Waals surface area (Å²) in [5, 5.41) is 5.70. The Morgan fingerprint density at radius 1 is 1.03 bits per heavy atom. The van der Waals surface area contributed by atoms with Gasteiger partial charge in [0.2, 0.25) is 0 Å². The first-order valence-electron chi connectivity index (χ1n) is 10.7. The van der Waals surface area contributed by atoms with Crippen LogP contribution in [0.2, 0.25) is 0 Å². The Bertz CT molecular complexity index is 946. The van der Waals surface area contributed by atoms with Crippen molar-refractivity contribution in [2.24, 2.45) is 11.8 Å². The lowest BCUT2D eigenvalue weighted by Crippen LogP contribution is -2.34. The first kappa shape index (κ1) is 24.4. The molecule has 0 heterocycles. The first-order chi connectivity index (χ1) is 15.8. The van der Waals surface area contributed by atoms with Crippen molar-refractivity contribution in [1.29, 1.82) is 0 Å². The van der Waals surface area contributed by atoms with Crippen molar-refractivity contribution < 1.29 is 27.5 Å². The molecule has 1 aliphatic rings. The number of hydrogen-bond donors (Lipinski definition) is 4. The third kappa shape index (κ3) is 7.11. The van der Waals surface area contributed by atoms with Gasteiger partial charge in [-0.3, -0.25) is 10.2 Å². The highest BCUT2D eigenvalue weighted by Crippen LogP contribution is 2.37. The topological polar surface area (TPSA) is 105 Å². The van der Waals surface area contributed by atoms with Crippen LogP contribution in [0.25, 0.3) is 0 Å². The van der Waals surface area contributed by atoms with Crippen LogP contribution >= 0.6 is 0 Å². The van der Waals surface area contributed by atoms with Crippen LogP contribution < -0.4 is 21.9 Å². The Balaban J connectivity index is 1.49. The molecule has 1 fully saturated rings. The van der Waals surface area contributed by atoms with Gasteiger partial charge in [-0.2, -0.15) is 13.2 Å². The van der Waals surface area contributed by atoms with Crippen LogP contribution in [0, 0.1) is 5.92 Å². The average molecular weight is 464 g/mol. The molecule has 33 heavy (non-hydrogen) atoms. The first-order valence-corrected chi connectivity index (χ1v) is 10.7. The Morgan fingerprint density at radius 3 is 2.36 bits per heavy atom. The lowest BCUT2D eigenvalue weighted by Gasteiger charge is -2.30. The van der Waals surface area contributed by atoms with Crippen molar-refractivity contribution >= 4 is 17.7 Å². The molecule has 10 heteroatoms. The molecule has 3 rings (SSSR count). The van der Waals surface area contributed by atoms with Crippen molar-refractivity contribution in [3.8, 4) is 0 Å². The number of benzene rings is 2. The molecule has 0 spiro atoms. The zero-order valence-electron chi connectivity index (χ0n) is 18.0. The van der Waals surface area contributed by atoms with Crippen molar-refractivity contribution in [3.63, 3.8) is 0 Å². The highest BCUT2D eigenvalue weighted by Gasteiger charge is 2.34. The molecule has 0 saturated heterocycles. The molecule has 7 nitrogen and oxygen atoms in total. The fourth-order valence-corrected chi connectivity index (χ4v) is 3.87. The van der Waals surface area contributed by atoms with Crippen LogP contribution in [-0.2, 0) is 17.5 Å². The maximum absolute atomic E-state index is 13.4. The molecular formula is C23H27F3N4O3. The van der Waals surface area contributed by atoms with Gasteiger partial charge < -0.3 is 15.4 Å². The van der Waals surface area contributed by atoms with Crippen LogP contribution in [0.15, 0.2) is 48.5 Å². The van der Waals surface area contributed by atoms with Crippen molar-refractivity contribution in [3.05, 3.63) is 65.2 Å². The molecule has 1 aliphatic carbocycles. The van der Waals surface area contributed by atoms with Gasteiger partial charge in [0, 0.05) is 23.8 Å². The summed E-state index contributed by atoms with van der Waals surface area (Å²) < 4.78 is 45.4. The van der Waals surface area contributed by atoms with Crippen LogP contribution in [-0.4, -0.2) is 24.6 Å². The normalized spacial score (nSPS) is 18.3. The molecule has 1 saturated carbocycles. The Kier molecular flexibility index (Phi) is 8.16. The molecule has 0 aliphatic heterocycles. The zero-order valence-corrected chi connectivity index (χ0v) is 18.0. The van der Waals surface area contributed by atoms with E-state index in [0.717, 1.165) is 30.5 Å². The van der Waals surface area contributed by atoms with Gasteiger partial charge in [-0.1, -0.05) is 30.3 Å². The molecule has 2 aromatic carbocycles. The number of rotatable bonds is 7. The van der Waals surface area contributed by atoms with Gasteiger partial charge in [0.05, 0.1) is 5.56 Å². The second-order valence-corrected chi connectivity index (χ2v) is 8.04. The second kappa shape index (κ2) is 11.0. The van der Waals surface area contributed by atoms with Gasteiger partial charge in [0.15, 0.2) is 0 Å². The number of hydrogen-bond acceptors (Lipinski definition) is 5. The molecule has 0 bridgehead atoms. The average Bonchev–Trinajstić information content (AvgIpc) is 2.81. The van der Waals surface area contributed by atoms with E-state index in [9.17, 15) is 22.8 Å². The standard InChI is InChI=1S/C23H27F3N4O3/c24-23(25,26)19-11-8-17(21(31)30-27)12-20(19)29-18-9-6-15(7-10-18)13-28-22(32)33-14-16-4-2-1-3-5-16/h1-5,8,11-12,15,18,29H,6-7,9-10,13-14,27H2,(H,28,32)(H,30,31). The Labute approximate surface area is 189 Å². The van der Waals surface area contributed by atoms with Gasteiger partial charge in [-0.05, 0) is 55.4 Å². The van der Waals surface area contributed by atoms with Crippen molar-refractivity contribution in [2.75, 3.05) is 11.9 Å². The van der Waals surface area contributed by atoms with Gasteiger partial charge in [0.25, 0.3) is 5.91 Å². The molecule has 5 N–H and O–H groups in total. The summed E-state index contributed by atoms with van der Waals surface area (Å²) in [6.07, 6.45) is -2.31. The van der Waals surface area contributed by atoms with E-state index in [2.05, 4.69) is 10.6 Å². The minimum Gasteiger partial charge on any atom is -0.445 e. The third-order valence-corrected chi connectivity index (χ3v) is 5.67. The second-order valence-electron chi connectivity index (χ2n) is 8.04. The number of hydrazine groups is 1. The summed E-state index contributed by atoms with van der Waals surface area (Å²) >= 11 is 0. The number of halogens is 3. The summed E-state index contributed by atoms with van der Waals surface area (Å²) in [6.45, 7) is 0.631. The number of alkyl halides is 3. The largest absolute Gasteiger partial charge is 0.445 e. The number of nitrogen functional groups attached to an aromatic ring is 1. The third-order valence-electron chi connectivity index (χ3n) is 5.67. The van der Waals surface area contributed by atoms with Crippen LogP contribution in [0.3, 0.4) is 0 Å². The number of alkyl carbamates (subject to hydrolysis) is 1. The maximum atomic E-state index is 13.4. The summed E-state index contributed by atoms with van der Waals surface area (Å²) in [5.41, 5.74) is 1.88. The molecule has 2 amide bonds. The van der Waals surface area contributed by atoms with Gasteiger partial charge in [0.1, 0.15) is 6.61 Å². The lowest BCUT2D eigenvalue weighted by atomic mass is 9.85. The fraction of sp³-hybridized carbons (Fsp3) is 0.391. The monoisotopic (exact) mass is 464 g/mol. The van der Waals surface area contributed by atoms with E-state index in [-0.39, 0.29) is 29.8 Å². The summed E-state index contributed by atoms with van der Waals surface area (Å²) in [5.74, 6) is 4.64. The lowest BCUT2D eigenvalue weighted by molar-refractivity contribution is -0.137. The molecule has 2 aromatic rings. The maximum Gasteiger partial charge on any atom is 0.418 e. The molecule has 0 unspecified atom stereocenters. The van der Waals surface area contributed by atoms with E-state index >= 15 is 0 Å². The number of nitrogens with two attached hydrogens (primary N) is 1. The van der Waals surface area contributed by atoms with Crippen LogP contribution in [0.4, 0.5) is 23.7 Å². The smallest absolute Gasteiger partial charge is 0.418 e. The quantitative estimate of drug-likeness (QED) is 0.279. The van der Waals surface area contributed by atoms with E-state index in [1.807, 2.05) is 35.8 Å². The number of amides is 2. The van der Waals surface area contributed by atoms with E-state index in [1.165, 1.54) is 6.07 Å². The Hall–Kier alpha value is -3.27. The summed E-state index contributed by atoms with van der Waals surface area (Å²) in [4.78, 5) is 23.6. The van der Waals surface area contributed by atoms with Gasteiger partial charge >= 0.3 is 12.3 Å². The SMILES string of the molecule is NNC(=O)c1ccc(C(F)(F)F)c(NC2CCC(CNC(=O)OCc3ccccc3)CC2)c1. The zero-order chi connectivity index (χ0) is 23.8. The molecule has 0 atom stereocenters. The predicted molar refractivity (Wildman–Crippen MR) is 117 cm³/mol. The highest BCUT2D eigenvalue weighted by molar-refractivity contribution is 5.95. The van der Waals surface area contributed by atoms with E-state index < -0.39 is 23.7 Å². The minimum atomic E-state index is -4.55. The molecule has 178 valence electrons. The van der Waals surface area contributed by atoms with E-state index in [0.29, 0.717) is 19.4 Å². The molecular weight excluding hydrogens is 437 g/mol. The minimum absolute atomic E-state index is 0.0416. The van der Waals surface area contributed by atoms with E-state index in [4.69, 9.17) is 10.6 Å². The number of nitrogens with one attached hydrogen (secondary N) is 3. The Morgan fingerprint density at radius 2 is 1.73 bits per heavy atom. The van der Waals surface area contributed by atoms with Crippen molar-refractivity contribution in [2.45, 2.75) is 44.5 Å². The number of ether oxygens (including phenoxy) is 1. The predicted octanol–water partition coefficient (Wildman–Crippen LogP) is 4.21. The number of anilines is 1. The molecule has 0 radical (unpaired) electrons. The van der Waals surface area contributed by atoms with E-state index in [1.54, 1.807) is 0 Å².